The third-order valence-corrected chi connectivity index (χ3v) is 10.2. The average molecular weight is 849 g/mol. The fraction of sp³-hybridized carbons (Fsp3) is 0.364. The second kappa shape index (κ2) is 28.2. The van der Waals surface area contributed by atoms with Gasteiger partial charge in [-0.1, -0.05) is 69.3 Å². The smallest absolute Gasteiger partial charge is 0.243 e. The van der Waals surface area contributed by atoms with Crippen LogP contribution in [0.15, 0.2) is 109 Å². The van der Waals surface area contributed by atoms with Crippen LogP contribution in [-0.2, 0) is 47.9 Å². The molecule has 0 bridgehead atoms. The Kier molecular flexibility index (Phi) is 24.2. The number of hydrogen-bond donors (Lipinski definition) is 4. The predicted molar refractivity (Wildman–Crippen MR) is 249 cm³/mol. The van der Waals surface area contributed by atoms with Crippen LogP contribution in [0.4, 0.5) is 11.4 Å². The first kappa shape index (κ1) is 48.9. The molecule has 4 rings (SSSR count). The normalized spacial score (nSPS) is 10.3. The van der Waals surface area contributed by atoms with Crippen molar-refractivity contribution in [3.63, 3.8) is 0 Å². The van der Waals surface area contributed by atoms with E-state index in [1.165, 1.54) is 39.3 Å². The number of carbonyl (C=O) groups excluding carboxylic acids is 2. The van der Waals surface area contributed by atoms with Gasteiger partial charge in [-0.3, -0.25) is 9.59 Å². The minimum Gasteiger partial charge on any atom is -0.457 e. The lowest BCUT2D eigenvalue weighted by Crippen LogP contribution is -3.11. The molecule has 4 aromatic carbocycles. The summed E-state index contributed by atoms with van der Waals surface area (Å²) in [7, 11) is 0. The molecular weight excluding hydrogens is 789 g/mol. The maximum absolute atomic E-state index is 12.6. The molecule has 2 amide bonds. The van der Waals surface area contributed by atoms with Gasteiger partial charge < -0.3 is 84.7 Å². The number of hydrogen-bond acceptors (Lipinski definition) is 7. The highest BCUT2D eigenvalue weighted by Gasteiger charge is 2.12. The summed E-state index contributed by atoms with van der Waals surface area (Å²) >= 11 is 20.7. The number of quaternary nitrogens is 2. The molecule has 0 spiro atoms. The number of carbonyl (C=O) groups is 2. The van der Waals surface area contributed by atoms with Crippen molar-refractivity contribution in [3.05, 3.63) is 120 Å². The van der Waals surface area contributed by atoms with Crippen molar-refractivity contribution in [2.75, 3.05) is 63.0 Å². The van der Waals surface area contributed by atoms with Crippen LogP contribution in [0.5, 0.6) is 11.5 Å². The molecule has 4 N–H and O–H groups in total. The van der Waals surface area contributed by atoms with Gasteiger partial charge in [-0.2, -0.15) is 0 Å². The maximum atomic E-state index is 12.6. The molecule has 0 aliphatic rings. The molecule has 0 fully saturated rings. The van der Waals surface area contributed by atoms with E-state index in [2.05, 4.69) is 52.2 Å². The van der Waals surface area contributed by atoms with Crippen molar-refractivity contribution in [2.24, 2.45) is 0 Å². The Hall–Kier alpha value is -4.24. The zero-order chi connectivity index (χ0) is 42.0. The van der Waals surface area contributed by atoms with Gasteiger partial charge in [0.05, 0.1) is 52.4 Å². The summed E-state index contributed by atoms with van der Waals surface area (Å²) < 4.78 is 6.39. The molecule has 9 nitrogen and oxygen atoms in total. The van der Waals surface area contributed by atoms with E-state index in [0.29, 0.717) is 36.0 Å². The maximum Gasteiger partial charge on any atom is 0.243 e. The molecule has 0 aromatic heterocycles. The molecule has 0 heterocycles. The van der Waals surface area contributed by atoms with Gasteiger partial charge in [0.2, 0.25) is 11.8 Å². The van der Waals surface area contributed by atoms with Crippen molar-refractivity contribution < 1.29 is 24.1 Å². The number of nitrogens with zero attached hydrogens (tertiary/aromatic N) is 2. The number of anilines is 2. The Morgan fingerprint density at radius 1 is 0.526 bits per heavy atom. The van der Waals surface area contributed by atoms with E-state index in [9.17, 15) is 9.59 Å². The molecule has 0 atom stereocenters. The van der Waals surface area contributed by atoms with E-state index in [4.69, 9.17) is 54.4 Å². The highest BCUT2D eigenvalue weighted by atomic mass is 32.1. The Bertz CT molecular complexity index is 1600. The van der Waals surface area contributed by atoms with Gasteiger partial charge in [0, 0.05) is 24.5 Å². The van der Waals surface area contributed by atoms with Gasteiger partial charge in [0.1, 0.15) is 11.5 Å². The van der Waals surface area contributed by atoms with Crippen LogP contribution < -0.4 is 25.2 Å². The molecule has 308 valence electrons. The summed E-state index contributed by atoms with van der Waals surface area (Å²) in [5.41, 5.74) is 3.26. The number of thiocarbonyl (C=S) groups is 2. The minimum absolute atomic E-state index is 0.0450. The molecule has 4 aromatic rings. The van der Waals surface area contributed by atoms with Crippen LogP contribution in [0.1, 0.15) is 52.7 Å². The van der Waals surface area contributed by atoms with Crippen LogP contribution in [-0.4, -0.2) is 82.6 Å². The Morgan fingerprint density at radius 2 is 0.825 bits per heavy atom. The van der Waals surface area contributed by atoms with Gasteiger partial charge in [-0.15, -0.1) is 0 Å². The SMILES string of the molecule is CC[NH+](CC)CC.CC[NH+](CC)CC.O=C(CN(Cc1ccccc1)C(=S)[S-])Nc1ccc(Oc2ccc(NC(=O)CN(Cc3ccccc3)C(=S)[S-])cc2)cc1. The zero-order valence-corrected chi connectivity index (χ0v) is 37.5. The first-order valence-electron chi connectivity index (χ1n) is 19.6. The van der Waals surface area contributed by atoms with E-state index in [1.807, 2.05) is 60.7 Å². The van der Waals surface area contributed by atoms with Gasteiger partial charge in [-0.25, -0.2) is 0 Å². The summed E-state index contributed by atoms with van der Waals surface area (Å²) in [6, 6.07) is 33.4. The van der Waals surface area contributed by atoms with Crippen molar-refractivity contribution in [1.29, 1.82) is 0 Å². The lowest BCUT2D eigenvalue weighted by molar-refractivity contribution is -0.894. The monoisotopic (exact) mass is 848 g/mol. The van der Waals surface area contributed by atoms with E-state index in [0.717, 1.165) is 11.1 Å². The molecule has 0 aliphatic heterocycles. The number of nitrogens with one attached hydrogen (secondary N) is 4. The second-order valence-electron chi connectivity index (χ2n) is 13.1. The fourth-order valence-corrected chi connectivity index (χ4v) is 6.09. The molecule has 13 heteroatoms. The van der Waals surface area contributed by atoms with Crippen LogP contribution >= 0.6 is 24.4 Å². The highest BCUT2D eigenvalue weighted by Crippen LogP contribution is 2.24. The van der Waals surface area contributed by atoms with Crippen molar-refractivity contribution >= 4 is 81.5 Å². The van der Waals surface area contributed by atoms with Crippen LogP contribution in [0.25, 0.3) is 0 Å². The van der Waals surface area contributed by atoms with Crippen LogP contribution in [0, 0.1) is 0 Å². The van der Waals surface area contributed by atoms with E-state index < -0.39 is 0 Å². The van der Waals surface area contributed by atoms with Gasteiger partial charge in [0.15, 0.2) is 0 Å². The third-order valence-electron chi connectivity index (χ3n) is 9.13. The highest BCUT2D eigenvalue weighted by molar-refractivity contribution is 8.00. The number of benzene rings is 4. The van der Waals surface area contributed by atoms with Gasteiger partial charge in [-0.05, 0) is 101 Å². The first-order chi connectivity index (χ1) is 27.4. The topological polar surface area (TPSA) is 82.8 Å². The third kappa shape index (κ3) is 20.1. The molecule has 0 radical (unpaired) electrons. The predicted octanol–water partition coefficient (Wildman–Crippen LogP) is 5.89. The van der Waals surface area contributed by atoms with Crippen LogP contribution in [0.3, 0.4) is 0 Å². The Morgan fingerprint density at radius 3 is 1.07 bits per heavy atom. The first-order valence-corrected chi connectivity index (χ1v) is 21.2. The molecule has 0 aliphatic carbocycles. The lowest BCUT2D eigenvalue weighted by atomic mass is 10.2. The van der Waals surface area contributed by atoms with E-state index in [-0.39, 0.29) is 33.5 Å². The molecule has 0 unspecified atom stereocenters. The molecule has 0 saturated carbocycles. The summed E-state index contributed by atoms with van der Waals surface area (Å²) in [5, 5.41) is 5.73. The quantitative estimate of drug-likeness (QED) is 0.0726. The zero-order valence-electron chi connectivity index (χ0n) is 34.2. The molecule has 0 saturated heterocycles. The summed E-state index contributed by atoms with van der Waals surface area (Å²) in [6.07, 6.45) is 0. The van der Waals surface area contributed by atoms with Gasteiger partial charge >= 0.3 is 0 Å². The lowest BCUT2D eigenvalue weighted by Gasteiger charge is -2.27. The standard InChI is InChI=1S/C32H30N4O3S4.2C6H15N/c37-29(21-35(31(40)41)19-23-7-3-1-4-8-23)33-25-11-15-27(16-12-25)39-28-17-13-26(14-18-28)34-30(38)22-36(32(42)43)20-24-9-5-2-6-10-24;2*1-4-7(5-2)6-3/h1-18H,19-22H2,(H,33,37)(H,34,38)(H,40,41)(H,42,43);2*4-6H2,1-3H3. The minimum atomic E-state index is -0.229. The molecular formula is C44H60N6O3S4. The summed E-state index contributed by atoms with van der Waals surface area (Å²) in [6.45, 7) is 22.0. The number of rotatable bonds is 18. The number of ether oxygens (including phenoxy) is 1. The largest absolute Gasteiger partial charge is 0.457 e. The average Bonchev–Trinajstić information content (AvgIpc) is 3.21. The van der Waals surface area contributed by atoms with E-state index in [1.54, 1.807) is 68.1 Å². The Labute approximate surface area is 363 Å². The van der Waals surface area contributed by atoms with Crippen molar-refractivity contribution in [2.45, 2.75) is 54.6 Å². The number of amides is 2. The fourth-order valence-electron chi connectivity index (χ4n) is 5.57. The van der Waals surface area contributed by atoms with Crippen molar-refractivity contribution in [3.8, 4) is 11.5 Å². The Balaban J connectivity index is 0.000000682. The van der Waals surface area contributed by atoms with E-state index >= 15 is 0 Å². The van der Waals surface area contributed by atoms with Gasteiger partial charge in [0.25, 0.3) is 0 Å². The van der Waals surface area contributed by atoms with Crippen LogP contribution in [0.2, 0.25) is 0 Å². The second-order valence-corrected chi connectivity index (χ2v) is 15.1. The summed E-state index contributed by atoms with van der Waals surface area (Å²) in [5.74, 6) is 0.713. The molecule has 57 heavy (non-hydrogen) atoms. The summed E-state index contributed by atoms with van der Waals surface area (Å²) in [4.78, 5) is 32.0. The van der Waals surface area contributed by atoms with Crippen molar-refractivity contribution in [1.82, 2.24) is 9.80 Å².